The molecule has 4 aromatic rings. The van der Waals surface area contributed by atoms with Gasteiger partial charge in [-0.2, -0.15) is 0 Å². The van der Waals surface area contributed by atoms with E-state index in [1.807, 2.05) is 18.3 Å². The number of hydrogen-bond donors (Lipinski definition) is 1. The van der Waals surface area contributed by atoms with Gasteiger partial charge in [-0.1, -0.05) is 12.1 Å². The van der Waals surface area contributed by atoms with Crippen LogP contribution in [0.15, 0.2) is 65.5 Å². The molecule has 4 heteroatoms. The van der Waals surface area contributed by atoms with Crippen molar-refractivity contribution in [3.05, 3.63) is 72.3 Å². The lowest BCUT2D eigenvalue weighted by atomic mass is 9.98. The summed E-state index contributed by atoms with van der Waals surface area (Å²) in [5.74, 6) is 0. The van der Waals surface area contributed by atoms with Crippen LogP contribution in [0.25, 0.3) is 27.6 Å². The molecule has 0 fully saturated rings. The van der Waals surface area contributed by atoms with Crippen LogP contribution >= 0.6 is 0 Å². The van der Waals surface area contributed by atoms with Crippen molar-refractivity contribution >= 4 is 27.6 Å². The molecule has 0 spiro atoms. The van der Waals surface area contributed by atoms with E-state index in [1.165, 1.54) is 27.5 Å². The molecule has 0 saturated carbocycles. The Balaban J connectivity index is 1.34. The zero-order chi connectivity index (χ0) is 16.6. The fourth-order valence-corrected chi connectivity index (χ4v) is 3.67. The van der Waals surface area contributed by atoms with Crippen molar-refractivity contribution in [2.75, 3.05) is 13.1 Å². The van der Waals surface area contributed by atoms with Gasteiger partial charge in [-0.15, -0.1) is 0 Å². The maximum Gasteiger partial charge on any atom is 0.137 e. The minimum Gasteiger partial charge on any atom is -0.464 e. The Morgan fingerprint density at radius 1 is 1.20 bits per heavy atom. The van der Waals surface area contributed by atoms with Crippen molar-refractivity contribution in [2.45, 2.75) is 13.0 Å². The average molecular weight is 329 g/mol. The lowest BCUT2D eigenvalue weighted by Gasteiger charge is -2.26. The van der Waals surface area contributed by atoms with E-state index in [2.05, 4.69) is 51.4 Å². The van der Waals surface area contributed by atoms with E-state index in [1.54, 1.807) is 6.26 Å². The summed E-state index contributed by atoms with van der Waals surface area (Å²) in [6.07, 6.45) is 9.10. The van der Waals surface area contributed by atoms with Crippen LogP contribution in [0.2, 0.25) is 0 Å². The van der Waals surface area contributed by atoms with Gasteiger partial charge in [0.1, 0.15) is 11.2 Å². The molecule has 4 nitrogen and oxygen atoms in total. The Hall–Kier alpha value is -2.85. The molecule has 0 aliphatic carbocycles. The Labute approximate surface area is 145 Å². The van der Waals surface area contributed by atoms with E-state index in [-0.39, 0.29) is 0 Å². The summed E-state index contributed by atoms with van der Waals surface area (Å²) in [4.78, 5) is 10.1. The maximum atomic E-state index is 5.44. The van der Waals surface area contributed by atoms with Crippen LogP contribution in [0.3, 0.4) is 0 Å². The molecule has 1 aliphatic rings. The van der Waals surface area contributed by atoms with Gasteiger partial charge < -0.3 is 9.40 Å². The first-order chi connectivity index (χ1) is 12.4. The quantitative estimate of drug-likeness (QED) is 0.597. The molecule has 1 aliphatic heterocycles. The third-order valence-electron chi connectivity index (χ3n) is 5.05. The number of furan rings is 1. The van der Waals surface area contributed by atoms with E-state index in [0.29, 0.717) is 0 Å². The number of nitrogens with zero attached hydrogens (tertiary/aromatic N) is 2. The second-order valence-electron chi connectivity index (χ2n) is 6.60. The smallest absolute Gasteiger partial charge is 0.137 e. The molecule has 0 unspecified atom stereocenters. The van der Waals surface area contributed by atoms with E-state index in [4.69, 9.17) is 4.42 Å². The highest BCUT2D eigenvalue weighted by atomic mass is 16.3. The van der Waals surface area contributed by atoms with E-state index < -0.39 is 0 Å². The normalized spacial score (nSPS) is 15.8. The minimum atomic E-state index is 0.953. The predicted octanol–water partition coefficient (Wildman–Crippen LogP) is 4.60. The van der Waals surface area contributed by atoms with Gasteiger partial charge in [0.15, 0.2) is 0 Å². The number of pyridine rings is 1. The Morgan fingerprint density at radius 2 is 2.20 bits per heavy atom. The van der Waals surface area contributed by atoms with Gasteiger partial charge in [0.25, 0.3) is 0 Å². The molecule has 4 heterocycles. The van der Waals surface area contributed by atoms with Gasteiger partial charge in [0.05, 0.1) is 6.26 Å². The molecule has 0 bridgehead atoms. The summed E-state index contributed by atoms with van der Waals surface area (Å²) < 4.78 is 5.44. The summed E-state index contributed by atoms with van der Waals surface area (Å²) in [6.45, 7) is 3.00. The summed E-state index contributed by atoms with van der Waals surface area (Å²) in [5.41, 5.74) is 5.98. The SMILES string of the molecule is C1=C(c2ccc3occc3c2)CCN(Cc2c[nH]c3ncccc23)C1. The highest BCUT2D eigenvalue weighted by Gasteiger charge is 2.15. The molecule has 5 rings (SSSR count). The first kappa shape index (κ1) is 14.5. The van der Waals surface area contributed by atoms with Crippen molar-refractivity contribution in [1.29, 1.82) is 0 Å². The number of H-pyrrole nitrogens is 1. The molecule has 0 saturated heterocycles. The predicted molar refractivity (Wildman–Crippen MR) is 100 cm³/mol. The first-order valence-corrected chi connectivity index (χ1v) is 8.67. The Kier molecular flexibility index (Phi) is 3.42. The number of fused-ring (bicyclic) bond motifs is 2. The molecule has 0 amide bonds. The third-order valence-corrected chi connectivity index (χ3v) is 5.05. The van der Waals surface area contributed by atoms with Crippen LogP contribution in [0.5, 0.6) is 0 Å². The minimum absolute atomic E-state index is 0.953. The standard InChI is InChI=1S/C21H19N3O/c1-2-19-18(13-23-21(19)22-8-1)14-24-9-5-15(6-10-24)16-3-4-20-17(12-16)7-11-25-20/h1-5,7-8,11-13H,6,9-10,14H2,(H,22,23). The zero-order valence-corrected chi connectivity index (χ0v) is 13.9. The number of nitrogens with one attached hydrogen (secondary N) is 1. The molecule has 0 atom stereocenters. The Bertz CT molecular complexity index is 1070. The molecule has 124 valence electrons. The van der Waals surface area contributed by atoms with Crippen LogP contribution in [0, 0.1) is 0 Å². The number of rotatable bonds is 3. The van der Waals surface area contributed by atoms with Crippen LogP contribution in [0.1, 0.15) is 17.5 Å². The second kappa shape index (κ2) is 5.90. The number of benzene rings is 1. The van der Waals surface area contributed by atoms with Crippen molar-refractivity contribution < 1.29 is 4.42 Å². The van der Waals surface area contributed by atoms with E-state index in [0.717, 1.165) is 37.3 Å². The lowest BCUT2D eigenvalue weighted by molar-refractivity contribution is 0.295. The van der Waals surface area contributed by atoms with Crippen LogP contribution < -0.4 is 0 Å². The van der Waals surface area contributed by atoms with Gasteiger partial charge in [-0.25, -0.2) is 4.98 Å². The monoisotopic (exact) mass is 329 g/mol. The summed E-state index contributed by atoms with van der Waals surface area (Å²) >= 11 is 0. The molecule has 1 N–H and O–H groups in total. The second-order valence-corrected chi connectivity index (χ2v) is 6.60. The molecule has 1 aromatic carbocycles. The highest BCUT2D eigenvalue weighted by molar-refractivity contribution is 5.82. The molecule has 0 radical (unpaired) electrons. The number of aromatic nitrogens is 2. The van der Waals surface area contributed by atoms with Crippen molar-refractivity contribution in [3.63, 3.8) is 0 Å². The fraction of sp³-hybridized carbons (Fsp3) is 0.190. The van der Waals surface area contributed by atoms with Crippen LogP contribution in [-0.4, -0.2) is 28.0 Å². The third kappa shape index (κ3) is 2.65. The van der Waals surface area contributed by atoms with E-state index >= 15 is 0 Å². The highest BCUT2D eigenvalue weighted by Crippen LogP contribution is 2.27. The topological polar surface area (TPSA) is 45.1 Å². The van der Waals surface area contributed by atoms with Gasteiger partial charge >= 0.3 is 0 Å². The van der Waals surface area contributed by atoms with Gasteiger partial charge in [-0.3, -0.25) is 4.90 Å². The van der Waals surface area contributed by atoms with Crippen molar-refractivity contribution in [1.82, 2.24) is 14.9 Å². The molecule has 25 heavy (non-hydrogen) atoms. The maximum absolute atomic E-state index is 5.44. The summed E-state index contributed by atoms with van der Waals surface area (Å²) in [6, 6.07) is 12.6. The fourth-order valence-electron chi connectivity index (χ4n) is 3.67. The summed E-state index contributed by atoms with van der Waals surface area (Å²) in [5, 5.41) is 2.40. The lowest BCUT2D eigenvalue weighted by Crippen LogP contribution is -2.27. The Morgan fingerprint density at radius 3 is 3.12 bits per heavy atom. The van der Waals surface area contributed by atoms with Gasteiger partial charge in [0, 0.05) is 42.8 Å². The van der Waals surface area contributed by atoms with Crippen LogP contribution in [0.4, 0.5) is 0 Å². The van der Waals surface area contributed by atoms with Gasteiger partial charge in [-0.05, 0) is 53.5 Å². The van der Waals surface area contributed by atoms with E-state index in [9.17, 15) is 0 Å². The molecular weight excluding hydrogens is 310 g/mol. The zero-order valence-electron chi connectivity index (χ0n) is 13.9. The first-order valence-electron chi connectivity index (χ1n) is 8.67. The summed E-state index contributed by atoms with van der Waals surface area (Å²) in [7, 11) is 0. The van der Waals surface area contributed by atoms with Gasteiger partial charge in [0.2, 0.25) is 0 Å². The van der Waals surface area contributed by atoms with Crippen molar-refractivity contribution in [3.8, 4) is 0 Å². The largest absolute Gasteiger partial charge is 0.464 e. The van der Waals surface area contributed by atoms with Crippen LogP contribution in [-0.2, 0) is 6.54 Å². The molecular formula is C21H19N3O. The number of aromatic amines is 1. The molecule has 3 aromatic heterocycles. The number of hydrogen-bond acceptors (Lipinski definition) is 3. The average Bonchev–Trinajstić information content (AvgIpc) is 3.29. The van der Waals surface area contributed by atoms with Crippen molar-refractivity contribution in [2.24, 2.45) is 0 Å².